The standard InChI is InChI=1S/C20H25NO2S.C2H2O4/c1-16(20(21)22)10-11-19-13-12-18(24-19)9-5-6-14-23-15-17-7-3-2-4-8-17;3-1(4)2(5)6/h2-4,7-8,12-13,16,20,22H,6,10-11,14-15,21H2,1H3;(H,3,4)(H,5,6)/t16-,20?;/m1./s1. The lowest BCUT2D eigenvalue weighted by atomic mass is 10.0. The number of carboxylic acids is 2. The van der Waals surface area contributed by atoms with Crippen LogP contribution in [0.3, 0.4) is 0 Å². The second kappa shape index (κ2) is 14.3. The van der Waals surface area contributed by atoms with Crippen molar-refractivity contribution in [1.82, 2.24) is 0 Å². The van der Waals surface area contributed by atoms with E-state index < -0.39 is 18.2 Å². The van der Waals surface area contributed by atoms with Crippen molar-refractivity contribution in [3.05, 3.63) is 57.8 Å². The fraction of sp³-hybridized carbons (Fsp3) is 0.364. The first kappa shape index (κ1) is 25.3. The number of benzene rings is 1. The van der Waals surface area contributed by atoms with Crippen molar-refractivity contribution in [2.24, 2.45) is 11.7 Å². The molecule has 0 bridgehead atoms. The second-order valence-electron chi connectivity index (χ2n) is 6.47. The first-order chi connectivity index (χ1) is 14.3. The van der Waals surface area contributed by atoms with E-state index in [0.29, 0.717) is 13.2 Å². The Morgan fingerprint density at radius 1 is 1.13 bits per heavy atom. The number of aliphatic carboxylic acids is 2. The number of hydrogen-bond acceptors (Lipinski definition) is 6. The molecule has 0 aliphatic heterocycles. The molecule has 0 spiro atoms. The van der Waals surface area contributed by atoms with Gasteiger partial charge in [-0.25, -0.2) is 9.59 Å². The predicted molar refractivity (Wildman–Crippen MR) is 115 cm³/mol. The van der Waals surface area contributed by atoms with Gasteiger partial charge in [-0.2, -0.15) is 0 Å². The topological polar surface area (TPSA) is 130 Å². The number of aliphatic hydroxyl groups excluding tert-OH is 1. The summed E-state index contributed by atoms with van der Waals surface area (Å²) in [6, 6.07) is 14.3. The lowest BCUT2D eigenvalue weighted by Gasteiger charge is -2.12. The third-order valence-corrected chi connectivity index (χ3v) is 5.03. The molecule has 0 fully saturated rings. The molecular weight excluding hydrogens is 406 g/mol. The van der Waals surface area contributed by atoms with Crippen LogP contribution in [0.1, 0.15) is 35.1 Å². The molecule has 1 aromatic carbocycles. The van der Waals surface area contributed by atoms with Crippen LogP contribution >= 0.6 is 11.3 Å². The molecule has 1 heterocycles. The summed E-state index contributed by atoms with van der Waals surface area (Å²) in [4.78, 5) is 20.6. The maximum absolute atomic E-state index is 9.31. The van der Waals surface area contributed by atoms with Crippen LogP contribution in [0.15, 0.2) is 42.5 Å². The maximum Gasteiger partial charge on any atom is 0.414 e. The Morgan fingerprint density at radius 2 is 1.80 bits per heavy atom. The van der Waals surface area contributed by atoms with Crippen molar-refractivity contribution in [2.75, 3.05) is 6.61 Å². The number of carbonyl (C=O) groups is 2. The highest BCUT2D eigenvalue weighted by molar-refractivity contribution is 7.12. The Hall–Kier alpha value is -2.70. The quantitative estimate of drug-likeness (QED) is 0.218. The highest BCUT2D eigenvalue weighted by atomic mass is 32.1. The number of ether oxygens (including phenoxy) is 1. The van der Waals surface area contributed by atoms with Gasteiger partial charge in [0.2, 0.25) is 0 Å². The van der Waals surface area contributed by atoms with Gasteiger partial charge in [0.25, 0.3) is 0 Å². The fourth-order valence-electron chi connectivity index (χ4n) is 2.16. The summed E-state index contributed by atoms with van der Waals surface area (Å²) in [5, 5.41) is 24.1. The Kier molecular flexibility index (Phi) is 12.1. The minimum absolute atomic E-state index is 0.114. The molecule has 0 saturated carbocycles. The van der Waals surface area contributed by atoms with Crippen LogP contribution in [0, 0.1) is 17.8 Å². The lowest BCUT2D eigenvalue weighted by molar-refractivity contribution is -0.159. The number of carboxylic acid groups (broad SMARTS) is 2. The van der Waals surface area contributed by atoms with Crippen LogP contribution in [0.5, 0.6) is 0 Å². The number of hydrogen-bond donors (Lipinski definition) is 4. The highest BCUT2D eigenvalue weighted by Gasteiger charge is 2.09. The Morgan fingerprint density at radius 3 is 2.40 bits per heavy atom. The van der Waals surface area contributed by atoms with Gasteiger partial charge in [0.15, 0.2) is 0 Å². The van der Waals surface area contributed by atoms with Gasteiger partial charge in [-0.3, -0.25) is 0 Å². The van der Waals surface area contributed by atoms with Gasteiger partial charge in [-0.1, -0.05) is 49.1 Å². The minimum atomic E-state index is -1.82. The molecule has 7 nitrogen and oxygen atoms in total. The van der Waals surface area contributed by atoms with Gasteiger partial charge in [0.1, 0.15) is 6.23 Å². The zero-order valence-corrected chi connectivity index (χ0v) is 17.6. The number of rotatable bonds is 8. The van der Waals surface area contributed by atoms with E-state index in [1.54, 1.807) is 11.3 Å². The molecule has 0 aliphatic carbocycles. The van der Waals surface area contributed by atoms with Crippen LogP contribution in [0.25, 0.3) is 0 Å². The zero-order valence-electron chi connectivity index (χ0n) is 16.8. The molecule has 0 aliphatic rings. The molecule has 2 aromatic rings. The van der Waals surface area contributed by atoms with Crippen LogP contribution in [-0.4, -0.2) is 40.1 Å². The Labute approximate surface area is 180 Å². The van der Waals surface area contributed by atoms with E-state index in [1.165, 1.54) is 10.4 Å². The molecule has 8 heteroatoms. The minimum Gasteiger partial charge on any atom is -0.473 e. The molecule has 0 radical (unpaired) electrons. The largest absolute Gasteiger partial charge is 0.473 e. The zero-order chi connectivity index (χ0) is 22.4. The van der Waals surface area contributed by atoms with Crippen molar-refractivity contribution < 1.29 is 29.6 Å². The van der Waals surface area contributed by atoms with Crippen molar-refractivity contribution in [1.29, 1.82) is 0 Å². The van der Waals surface area contributed by atoms with Crippen LogP contribution < -0.4 is 5.73 Å². The SMILES string of the molecule is C[C@H](CCc1ccc(C#CCCOCc2ccccc2)s1)C(N)O.O=C(O)C(=O)O. The summed E-state index contributed by atoms with van der Waals surface area (Å²) < 4.78 is 5.62. The summed E-state index contributed by atoms with van der Waals surface area (Å²) in [6.07, 6.45) is 1.82. The number of nitrogens with two attached hydrogens (primary N) is 1. The van der Waals surface area contributed by atoms with Crippen LogP contribution in [0.4, 0.5) is 0 Å². The van der Waals surface area contributed by atoms with Crippen molar-refractivity contribution in [3.8, 4) is 11.8 Å². The van der Waals surface area contributed by atoms with E-state index in [0.717, 1.165) is 24.1 Å². The van der Waals surface area contributed by atoms with Gasteiger partial charge in [-0.05, 0) is 36.5 Å². The molecule has 0 amide bonds. The fourth-order valence-corrected chi connectivity index (χ4v) is 3.05. The van der Waals surface area contributed by atoms with E-state index in [4.69, 9.17) is 30.3 Å². The van der Waals surface area contributed by atoms with Crippen molar-refractivity contribution >= 4 is 23.3 Å². The van der Waals surface area contributed by atoms with Crippen molar-refractivity contribution in [2.45, 2.75) is 39.0 Å². The molecule has 2 rings (SSSR count). The third-order valence-electron chi connectivity index (χ3n) is 3.97. The summed E-state index contributed by atoms with van der Waals surface area (Å²) in [5.74, 6) is 2.81. The molecule has 30 heavy (non-hydrogen) atoms. The van der Waals surface area contributed by atoms with Crippen LogP contribution in [0.2, 0.25) is 0 Å². The first-order valence-corrected chi connectivity index (χ1v) is 10.2. The van der Waals surface area contributed by atoms with Gasteiger partial charge < -0.3 is 25.8 Å². The van der Waals surface area contributed by atoms with Crippen molar-refractivity contribution in [3.63, 3.8) is 0 Å². The molecule has 2 atom stereocenters. The summed E-state index contributed by atoms with van der Waals surface area (Å²) in [5.41, 5.74) is 6.66. The van der Waals surface area contributed by atoms with E-state index in [-0.39, 0.29) is 5.92 Å². The third kappa shape index (κ3) is 11.3. The monoisotopic (exact) mass is 433 g/mol. The second-order valence-corrected chi connectivity index (χ2v) is 7.64. The van der Waals surface area contributed by atoms with Gasteiger partial charge in [0.05, 0.1) is 18.1 Å². The summed E-state index contributed by atoms with van der Waals surface area (Å²) >= 11 is 1.71. The van der Waals surface area contributed by atoms with Gasteiger partial charge in [-0.15, -0.1) is 11.3 Å². The molecule has 162 valence electrons. The first-order valence-electron chi connectivity index (χ1n) is 9.38. The summed E-state index contributed by atoms with van der Waals surface area (Å²) in [6.45, 7) is 3.25. The van der Waals surface area contributed by atoms with E-state index in [1.807, 2.05) is 25.1 Å². The summed E-state index contributed by atoms with van der Waals surface area (Å²) in [7, 11) is 0. The molecule has 1 aromatic heterocycles. The molecular formula is C22H27NO6S. The molecule has 1 unspecified atom stereocenters. The molecule has 5 N–H and O–H groups in total. The van der Waals surface area contributed by atoms with E-state index in [9.17, 15) is 5.11 Å². The smallest absolute Gasteiger partial charge is 0.414 e. The van der Waals surface area contributed by atoms with Gasteiger partial charge >= 0.3 is 11.9 Å². The van der Waals surface area contributed by atoms with E-state index >= 15 is 0 Å². The Balaban J connectivity index is 0.000000656. The van der Waals surface area contributed by atoms with E-state index in [2.05, 4.69) is 36.1 Å². The number of aliphatic hydroxyl groups is 1. The maximum atomic E-state index is 9.31. The average Bonchev–Trinajstić information content (AvgIpc) is 3.17. The van der Waals surface area contributed by atoms with Gasteiger partial charge in [0, 0.05) is 11.3 Å². The van der Waals surface area contributed by atoms with Crippen LogP contribution in [-0.2, 0) is 27.4 Å². The normalized spacial score (nSPS) is 12.0. The lowest BCUT2D eigenvalue weighted by Crippen LogP contribution is -2.27. The highest BCUT2D eigenvalue weighted by Crippen LogP contribution is 2.19. The number of thiophene rings is 1. The Bertz CT molecular complexity index is 826. The number of aryl methyl sites for hydroxylation is 1. The average molecular weight is 434 g/mol. The molecule has 0 saturated heterocycles. The predicted octanol–water partition coefficient (Wildman–Crippen LogP) is 2.71.